The zero-order valence-corrected chi connectivity index (χ0v) is 22.6. The smallest absolute Gasteiger partial charge is 0.214 e. The molecular formula is C28H26FIN6O. The first-order chi connectivity index (χ1) is 17.8. The summed E-state index contributed by atoms with van der Waals surface area (Å²) in [5.41, 5.74) is 19.3. The molecule has 0 bridgehead atoms. The van der Waals surface area contributed by atoms with Gasteiger partial charge in [-0.1, -0.05) is 46.9 Å². The summed E-state index contributed by atoms with van der Waals surface area (Å²) >= 11 is 2.39. The third kappa shape index (κ3) is 4.71. The van der Waals surface area contributed by atoms with Crippen LogP contribution in [-0.2, 0) is 17.3 Å². The summed E-state index contributed by atoms with van der Waals surface area (Å²) in [7, 11) is 0. The largest absolute Gasteiger partial charge is 0.396 e. The number of aromatic amines is 1. The van der Waals surface area contributed by atoms with E-state index in [1.165, 1.54) is 29.5 Å². The molecule has 0 saturated heterocycles. The fraction of sp³-hybridized carbons (Fsp3) is 0.179. The normalized spacial score (nSPS) is 11.4. The predicted molar refractivity (Wildman–Crippen MR) is 153 cm³/mol. The first-order valence-electron chi connectivity index (χ1n) is 11.8. The highest BCUT2D eigenvalue weighted by atomic mass is 127. The molecule has 3 heterocycles. The molecule has 0 aliphatic heterocycles. The van der Waals surface area contributed by atoms with Crippen molar-refractivity contribution in [3.63, 3.8) is 0 Å². The van der Waals surface area contributed by atoms with Crippen molar-refractivity contribution in [3.05, 3.63) is 99.9 Å². The predicted octanol–water partition coefficient (Wildman–Crippen LogP) is 5.62. The minimum atomic E-state index is -0.533. The number of H-pyrrole nitrogens is 1. The average molecular weight is 608 g/mol. The van der Waals surface area contributed by atoms with E-state index in [0.717, 1.165) is 39.9 Å². The van der Waals surface area contributed by atoms with Gasteiger partial charge in [-0.3, -0.25) is 9.78 Å². The third-order valence-electron chi connectivity index (χ3n) is 6.57. The van der Waals surface area contributed by atoms with Gasteiger partial charge in [-0.25, -0.2) is 9.07 Å². The summed E-state index contributed by atoms with van der Waals surface area (Å²) in [6, 6.07) is 14.9. The van der Waals surface area contributed by atoms with Crippen LogP contribution in [0.4, 0.5) is 15.9 Å². The molecule has 37 heavy (non-hydrogen) atoms. The molecule has 2 aromatic carbocycles. The molecule has 0 amide bonds. The van der Waals surface area contributed by atoms with Crippen LogP contribution in [0.5, 0.6) is 0 Å². The number of anilines is 2. The topological polar surface area (TPSA) is 116 Å². The lowest BCUT2D eigenvalue weighted by Crippen LogP contribution is -2.11. The van der Waals surface area contributed by atoms with E-state index in [-0.39, 0.29) is 28.5 Å². The molecule has 0 fully saturated rings. The van der Waals surface area contributed by atoms with E-state index in [4.69, 9.17) is 16.5 Å². The summed E-state index contributed by atoms with van der Waals surface area (Å²) in [5, 5.41) is 4.97. The Morgan fingerprint density at radius 1 is 1.08 bits per heavy atom. The molecule has 188 valence electrons. The van der Waals surface area contributed by atoms with Crippen molar-refractivity contribution in [2.45, 2.75) is 31.1 Å². The molecule has 0 spiro atoms. The number of rotatable bonds is 7. The van der Waals surface area contributed by atoms with Gasteiger partial charge < -0.3 is 16.5 Å². The van der Waals surface area contributed by atoms with Crippen molar-refractivity contribution in [2.75, 3.05) is 11.5 Å². The SMILES string of the molecule is Cc1cc(CCc2ccccc2CI)nc(C)c1-n1ncc(C(=O)c2cc3cc(F)c(N)cc3[nH]2)c1N. The van der Waals surface area contributed by atoms with Crippen molar-refractivity contribution in [2.24, 2.45) is 0 Å². The van der Waals surface area contributed by atoms with Crippen molar-refractivity contribution >= 4 is 50.8 Å². The van der Waals surface area contributed by atoms with E-state index in [1.54, 1.807) is 10.7 Å². The molecule has 5 rings (SSSR count). The maximum atomic E-state index is 13.8. The molecule has 9 heteroatoms. The van der Waals surface area contributed by atoms with Gasteiger partial charge in [0.15, 0.2) is 0 Å². The highest BCUT2D eigenvalue weighted by Gasteiger charge is 2.22. The van der Waals surface area contributed by atoms with E-state index in [0.29, 0.717) is 10.9 Å². The zero-order valence-electron chi connectivity index (χ0n) is 20.5. The second kappa shape index (κ2) is 9.97. The lowest BCUT2D eigenvalue weighted by atomic mass is 10.0. The summed E-state index contributed by atoms with van der Waals surface area (Å²) < 4.78 is 16.4. The molecule has 0 saturated carbocycles. The number of aryl methyl sites for hydroxylation is 4. The number of alkyl halides is 1. The molecule has 0 aliphatic carbocycles. The van der Waals surface area contributed by atoms with Crippen molar-refractivity contribution in [1.82, 2.24) is 19.7 Å². The number of aromatic nitrogens is 4. The Balaban J connectivity index is 1.42. The van der Waals surface area contributed by atoms with Gasteiger partial charge >= 0.3 is 0 Å². The molecule has 0 atom stereocenters. The van der Waals surface area contributed by atoms with Gasteiger partial charge in [0.1, 0.15) is 11.6 Å². The van der Waals surface area contributed by atoms with E-state index < -0.39 is 5.82 Å². The third-order valence-corrected chi connectivity index (χ3v) is 7.39. The van der Waals surface area contributed by atoms with Crippen molar-refractivity contribution < 1.29 is 9.18 Å². The van der Waals surface area contributed by atoms with Gasteiger partial charge in [0.2, 0.25) is 5.78 Å². The van der Waals surface area contributed by atoms with Crippen LogP contribution in [0.25, 0.3) is 16.6 Å². The van der Waals surface area contributed by atoms with E-state index in [2.05, 4.69) is 56.9 Å². The van der Waals surface area contributed by atoms with Crippen LogP contribution in [0.15, 0.2) is 54.7 Å². The summed E-state index contributed by atoms with van der Waals surface area (Å²) in [5.74, 6) is -0.659. The molecule has 0 aliphatic rings. The maximum Gasteiger partial charge on any atom is 0.214 e. The van der Waals surface area contributed by atoms with Crippen LogP contribution in [0.2, 0.25) is 0 Å². The molecule has 5 N–H and O–H groups in total. The number of nitrogen functional groups attached to an aromatic ring is 2. The van der Waals surface area contributed by atoms with Crippen LogP contribution < -0.4 is 11.5 Å². The number of benzene rings is 2. The number of nitrogens with two attached hydrogens (primary N) is 2. The Labute approximate surface area is 227 Å². The maximum absolute atomic E-state index is 13.8. The Morgan fingerprint density at radius 3 is 2.57 bits per heavy atom. The number of hydrogen-bond acceptors (Lipinski definition) is 5. The lowest BCUT2D eigenvalue weighted by molar-refractivity contribution is 0.103. The van der Waals surface area contributed by atoms with Crippen LogP contribution in [0.1, 0.15) is 44.1 Å². The van der Waals surface area contributed by atoms with E-state index >= 15 is 0 Å². The number of fused-ring (bicyclic) bond motifs is 1. The van der Waals surface area contributed by atoms with Crippen LogP contribution in [-0.4, -0.2) is 25.5 Å². The van der Waals surface area contributed by atoms with Gasteiger partial charge in [-0.2, -0.15) is 5.10 Å². The minimum Gasteiger partial charge on any atom is -0.396 e. The van der Waals surface area contributed by atoms with Gasteiger partial charge in [0.25, 0.3) is 0 Å². The Kier molecular flexibility index (Phi) is 6.72. The number of nitrogens with one attached hydrogen (secondary N) is 1. The van der Waals surface area contributed by atoms with Gasteiger partial charge in [-0.05, 0) is 67.6 Å². The Bertz CT molecular complexity index is 1590. The Hall–Kier alpha value is -3.73. The molecule has 0 unspecified atom stereocenters. The van der Waals surface area contributed by atoms with Gasteiger partial charge in [0, 0.05) is 21.0 Å². The fourth-order valence-corrected chi connectivity index (χ4v) is 5.44. The first-order valence-corrected chi connectivity index (χ1v) is 13.4. The number of halogens is 2. The first kappa shape index (κ1) is 24.9. The molecule has 7 nitrogen and oxygen atoms in total. The standard InChI is InChI=1S/C28H26FIN6O/c1-15-9-20(8-7-17-5-3-4-6-18(17)13-30)34-16(2)26(15)36-28(32)21(14-33-36)27(37)25-11-19-10-22(29)23(31)12-24(19)35-25/h3-6,9-12,14,35H,7-8,13,31-32H2,1-2H3. The minimum absolute atomic E-state index is 0.0109. The summed E-state index contributed by atoms with van der Waals surface area (Å²) in [6.07, 6.45) is 3.18. The van der Waals surface area contributed by atoms with Gasteiger partial charge in [-0.15, -0.1) is 0 Å². The molecule has 3 aromatic heterocycles. The zero-order chi connectivity index (χ0) is 26.3. The van der Waals surface area contributed by atoms with Crippen molar-refractivity contribution in [1.29, 1.82) is 0 Å². The van der Waals surface area contributed by atoms with Crippen LogP contribution in [0, 0.1) is 19.7 Å². The number of hydrogen-bond donors (Lipinski definition) is 3. The van der Waals surface area contributed by atoms with E-state index in [1.807, 2.05) is 19.9 Å². The number of nitrogens with zero attached hydrogens (tertiary/aromatic N) is 3. The highest BCUT2D eigenvalue weighted by Crippen LogP contribution is 2.27. The monoisotopic (exact) mass is 608 g/mol. The second-order valence-corrected chi connectivity index (χ2v) is 9.86. The number of carbonyl (C=O) groups excluding carboxylic acids is 1. The highest BCUT2D eigenvalue weighted by molar-refractivity contribution is 14.1. The summed E-state index contributed by atoms with van der Waals surface area (Å²) in [6.45, 7) is 3.91. The summed E-state index contributed by atoms with van der Waals surface area (Å²) in [4.78, 5) is 21.1. The van der Waals surface area contributed by atoms with Crippen LogP contribution in [0.3, 0.4) is 0 Å². The van der Waals surface area contributed by atoms with Crippen molar-refractivity contribution in [3.8, 4) is 5.69 Å². The second-order valence-electron chi connectivity index (χ2n) is 9.10. The number of carbonyl (C=O) groups is 1. The molecule has 5 aromatic rings. The Morgan fingerprint density at radius 2 is 1.84 bits per heavy atom. The molecular weight excluding hydrogens is 582 g/mol. The quantitative estimate of drug-likeness (QED) is 0.0961. The van der Waals surface area contributed by atoms with Crippen LogP contribution >= 0.6 is 22.6 Å². The molecule has 0 radical (unpaired) electrons. The number of ketones is 1. The lowest BCUT2D eigenvalue weighted by Gasteiger charge is -2.14. The number of pyridine rings is 1. The van der Waals surface area contributed by atoms with Gasteiger partial charge in [0.05, 0.1) is 34.5 Å². The van der Waals surface area contributed by atoms with E-state index in [9.17, 15) is 9.18 Å². The average Bonchev–Trinajstić information content (AvgIpc) is 3.45. The fourth-order valence-electron chi connectivity index (χ4n) is 4.70.